The minimum atomic E-state index is -0.425. The lowest BCUT2D eigenvalue weighted by Crippen LogP contribution is -2.27. The molecule has 0 aliphatic heterocycles. The molecule has 0 bridgehead atoms. The van der Waals surface area contributed by atoms with Gasteiger partial charge in [-0.1, -0.05) is 18.2 Å². The maximum atomic E-state index is 12.8. The van der Waals surface area contributed by atoms with Crippen molar-refractivity contribution in [3.05, 3.63) is 53.6 Å². The first kappa shape index (κ1) is 21.6. The Hall–Kier alpha value is -2.67. The predicted molar refractivity (Wildman–Crippen MR) is 111 cm³/mol. The predicted octanol–water partition coefficient (Wildman–Crippen LogP) is 3.55. The van der Waals surface area contributed by atoms with E-state index >= 15 is 0 Å². The number of carbonyl (C=O) groups excluding carboxylic acids is 2. The quantitative estimate of drug-likeness (QED) is 0.593. The molecule has 0 aliphatic carbocycles. The highest BCUT2D eigenvalue weighted by atomic mass is 32.2. The van der Waals surface area contributed by atoms with E-state index in [1.807, 2.05) is 45.0 Å². The third kappa shape index (κ3) is 5.92. The Kier molecular flexibility index (Phi) is 8.19. The molecule has 7 heteroatoms. The highest BCUT2D eigenvalue weighted by Gasteiger charge is 2.17. The molecule has 1 unspecified atom stereocenters. The SMILES string of the molecule is CCOc1ccc(C(C)NC(=O)c2ccccc2SCC(N)=O)cc1OCC. The molecule has 3 N–H and O–H groups in total. The minimum Gasteiger partial charge on any atom is -0.490 e. The molecule has 1 atom stereocenters. The smallest absolute Gasteiger partial charge is 0.252 e. The van der Waals surface area contributed by atoms with Gasteiger partial charge in [-0.3, -0.25) is 9.59 Å². The number of nitrogens with two attached hydrogens (primary N) is 1. The number of nitrogens with one attached hydrogen (secondary N) is 1. The van der Waals surface area contributed by atoms with Crippen LogP contribution in [-0.2, 0) is 4.79 Å². The van der Waals surface area contributed by atoms with Crippen molar-refractivity contribution in [2.24, 2.45) is 5.73 Å². The first-order valence-corrected chi connectivity index (χ1v) is 10.1. The second-order valence-corrected chi connectivity index (χ2v) is 7.04. The van der Waals surface area contributed by atoms with Crippen LogP contribution in [0, 0.1) is 0 Å². The van der Waals surface area contributed by atoms with Gasteiger partial charge in [0.1, 0.15) is 0 Å². The molecule has 0 spiro atoms. The summed E-state index contributed by atoms with van der Waals surface area (Å²) in [7, 11) is 0. The maximum Gasteiger partial charge on any atom is 0.252 e. The summed E-state index contributed by atoms with van der Waals surface area (Å²) in [4.78, 5) is 24.5. The third-order valence-electron chi connectivity index (χ3n) is 3.92. The lowest BCUT2D eigenvalue weighted by Gasteiger charge is -2.18. The van der Waals surface area contributed by atoms with Gasteiger partial charge in [-0.05, 0) is 50.6 Å². The number of primary amides is 1. The summed E-state index contributed by atoms with van der Waals surface area (Å²) in [6.07, 6.45) is 0. The van der Waals surface area contributed by atoms with Crippen LogP contribution >= 0.6 is 11.8 Å². The summed E-state index contributed by atoms with van der Waals surface area (Å²) in [5.74, 6) is 0.815. The molecule has 2 aromatic rings. The van der Waals surface area contributed by atoms with Crippen molar-refractivity contribution in [3.8, 4) is 11.5 Å². The maximum absolute atomic E-state index is 12.8. The third-order valence-corrected chi connectivity index (χ3v) is 5.01. The van der Waals surface area contributed by atoms with E-state index in [-0.39, 0.29) is 17.7 Å². The highest BCUT2D eigenvalue weighted by Crippen LogP contribution is 2.31. The Bertz CT molecular complexity index is 826. The van der Waals surface area contributed by atoms with Gasteiger partial charge in [0.15, 0.2) is 11.5 Å². The van der Waals surface area contributed by atoms with E-state index in [4.69, 9.17) is 15.2 Å². The van der Waals surface area contributed by atoms with Gasteiger partial charge >= 0.3 is 0 Å². The van der Waals surface area contributed by atoms with Gasteiger partial charge in [0.25, 0.3) is 5.91 Å². The van der Waals surface area contributed by atoms with E-state index in [0.717, 1.165) is 5.56 Å². The van der Waals surface area contributed by atoms with Crippen LogP contribution in [-0.4, -0.2) is 30.8 Å². The molecule has 0 radical (unpaired) electrons. The van der Waals surface area contributed by atoms with Crippen LogP contribution in [0.4, 0.5) is 0 Å². The standard InChI is InChI=1S/C21H26N2O4S/c1-4-26-17-11-10-15(12-18(17)27-5-2)14(3)23-21(25)16-8-6-7-9-19(16)28-13-20(22)24/h6-12,14H,4-5,13H2,1-3H3,(H2,22,24)(H,23,25). The molecule has 150 valence electrons. The molecule has 0 saturated heterocycles. The summed E-state index contributed by atoms with van der Waals surface area (Å²) in [6, 6.07) is 12.5. The van der Waals surface area contributed by atoms with Crippen molar-refractivity contribution in [2.45, 2.75) is 31.7 Å². The van der Waals surface area contributed by atoms with E-state index < -0.39 is 5.91 Å². The molecule has 0 aromatic heterocycles. The zero-order chi connectivity index (χ0) is 20.5. The van der Waals surface area contributed by atoms with Gasteiger partial charge in [-0.25, -0.2) is 0 Å². The van der Waals surface area contributed by atoms with Crippen molar-refractivity contribution in [2.75, 3.05) is 19.0 Å². The van der Waals surface area contributed by atoms with Crippen LogP contribution in [0.2, 0.25) is 0 Å². The Labute approximate surface area is 169 Å². The Morgan fingerprint density at radius 3 is 2.43 bits per heavy atom. The Morgan fingerprint density at radius 2 is 1.75 bits per heavy atom. The highest BCUT2D eigenvalue weighted by molar-refractivity contribution is 8.00. The van der Waals surface area contributed by atoms with Crippen molar-refractivity contribution in [1.82, 2.24) is 5.32 Å². The van der Waals surface area contributed by atoms with Gasteiger partial charge in [0.2, 0.25) is 5.91 Å². The number of ether oxygens (including phenoxy) is 2. The number of hydrogen-bond donors (Lipinski definition) is 2. The van der Waals surface area contributed by atoms with Crippen molar-refractivity contribution >= 4 is 23.6 Å². The van der Waals surface area contributed by atoms with Gasteiger partial charge in [-0.15, -0.1) is 11.8 Å². The fourth-order valence-electron chi connectivity index (χ4n) is 2.62. The number of benzene rings is 2. The average Bonchev–Trinajstić information content (AvgIpc) is 2.68. The topological polar surface area (TPSA) is 90.6 Å². The molecule has 0 aliphatic rings. The van der Waals surface area contributed by atoms with Crippen LogP contribution in [0.15, 0.2) is 47.4 Å². The first-order chi connectivity index (χ1) is 13.5. The largest absolute Gasteiger partial charge is 0.490 e. The summed E-state index contributed by atoms with van der Waals surface area (Å²) in [5.41, 5.74) is 6.63. The molecular formula is C21H26N2O4S. The zero-order valence-electron chi connectivity index (χ0n) is 16.4. The van der Waals surface area contributed by atoms with Crippen molar-refractivity contribution in [3.63, 3.8) is 0 Å². The fraction of sp³-hybridized carbons (Fsp3) is 0.333. The van der Waals surface area contributed by atoms with Crippen molar-refractivity contribution in [1.29, 1.82) is 0 Å². The number of thioether (sulfide) groups is 1. The van der Waals surface area contributed by atoms with Crippen molar-refractivity contribution < 1.29 is 19.1 Å². The molecule has 0 fully saturated rings. The first-order valence-electron chi connectivity index (χ1n) is 9.16. The Balaban J connectivity index is 2.16. The van der Waals surface area contributed by atoms with Crippen LogP contribution < -0.4 is 20.5 Å². The lowest BCUT2D eigenvalue weighted by molar-refractivity contribution is -0.115. The van der Waals surface area contributed by atoms with Gasteiger partial charge in [0, 0.05) is 4.90 Å². The lowest BCUT2D eigenvalue weighted by atomic mass is 10.1. The number of carbonyl (C=O) groups is 2. The number of hydrogen-bond acceptors (Lipinski definition) is 5. The van der Waals surface area contributed by atoms with E-state index in [9.17, 15) is 9.59 Å². The van der Waals surface area contributed by atoms with E-state index in [1.165, 1.54) is 11.8 Å². The van der Waals surface area contributed by atoms with Gasteiger partial charge < -0.3 is 20.5 Å². The van der Waals surface area contributed by atoms with E-state index in [2.05, 4.69) is 5.32 Å². The van der Waals surface area contributed by atoms with Gasteiger partial charge in [-0.2, -0.15) is 0 Å². The molecule has 2 aromatic carbocycles. The second kappa shape index (κ2) is 10.6. The molecular weight excluding hydrogens is 376 g/mol. The summed E-state index contributed by atoms with van der Waals surface area (Å²) in [6.45, 7) is 6.80. The van der Waals surface area contributed by atoms with E-state index in [0.29, 0.717) is 35.2 Å². The molecule has 2 rings (SSSR count). The number of amides is 2. The van der Waals surface area contributed by atoms with Crippen LogP contribution in [0.25, 0.3) is 0 Å². The fourth-order valence-corrected chi connectivity index (χ4v) is 3.41. The van der Waals surface area contributed by atoms with E-state index in [1.54, 1.807) is 18.2 Å². The van der Waals surface area contributed by atoms with Crippen LogP contribution in [0.1, 0.15) is 42.7 Å². The normalized spacial score (nSPS) is 11.5. The summed E-state index contributed by atoms with van der Waals surface area (Å²) >= 11 is 1.25. The van der Waals surface area contributed by atoms with Crippen LogP contribution in [0.3, 0.4) is 0 Å². The van der Waals surface area contributed by atoms with Gasteiger partial charge in [0.05, 0.1) is 30.6 Å². The average molecular weight is 403 g/mol. The Morgan fingerprint density at radius 1 is 1.07 bits per heavy atom. The number of rotatable bonds is 10. The monoisotopic (exact) mass is 402 g/mol. The second-order valence-electron chi connectivity index (χ2n) is 6.02. The summed E-state index contributed by atoms with van der Waals surface area (Å²) < 4.78 is 11.2. The minimum absolute atomic E-state index is 0.121. The molecule has 0 heterocycles. The zero-order valence-corrected chi connectivity index (χ0v) is 17.2. The summed E-state index contributed by atoms with van der Waals surface area (Å²) in [5, 5.41) is 3.00. The molecule has 28 heavy (non-hydrogen) atoms. The molecule has 2 amide bonds. The van der Waals surface area contributed by atoms with Crippen LogP contribution in [0.5, 0.6) is 11.5 Å². The molecule has 6 nitrogen and oxygen atoms in total. The molecule has 0 saturated carbocycles.